The third-order valence-corrected chi connectivity index (χ3v) is 7.59. The molecule has 3 aliphatic heterocycles. The van der Waals surface area contributed by atoms with E-state index in [9.17, 15) is 9.90 Å². The fourth-order valence-electron chi connectivity index (χ4n) is 4.16. The Labute approximate surface area is 158 Å². The summed E-state index contributed by atoms with van der Waals surface area (Å²) in [5.41, 5.74) is 1.78. The summed E-state index contributed by atoms with van der Waals surface area (Å²) in [4.78, 5) is 12.2. The molecule has 25 heavy (non-hydrogen) atoms. The number of alkyl halides is 1. The van der Waals surface area contributed by atoms with Gasteiger partial charge in [0.05, 0.1) is 17.3 Å². The fourth-order valence-corrected chi connectivity index (χ4v) is 4.73. The normalized spacial score (nSPS) is 45.0. The van der Waals surface area contributed by atoms with Crippen LogP contribution in [0.4, 0.5) is 0 Å². The first-order valence-corrected chi connectivity index (χ1v) is 10.2. The van der Waals surface area contributed by atoms with Crippen LogP contribution in [0.2, 0.25) is 0 Å². The predicted molar refractivity (Wildman–Crippen MR) is 101 cm³/mol. The third-order valence-electron chi connectivity index (χ3n) is 6.16. The van der Waals surface area contributed by atoms with E-state index in [1.165, 1.54) is 5.57 Å². The summed E-state index contributed by atoms with van der Waals surface area (Å²) >= 11 is 3.81. The summed E-state index contributed by atoms with van der Waals surface area (Å²) in [6.07, 6.45) is 6.36. The maximum absolute atomic E-state index is 12.0. The Morgan fingerprint density at radius 2 is 1.92 bits per heavy atom. The minimum atomic E-state index is -0.824. The zero-order valence-corrected chi connectivity index (χ0v) is 17.2. The van der Waals surface area contributed by atoms with Gasteiger partial charge in [0.2, 0.25) is 0 Å². The Morgan fingerprint density at radius 1 is 1.20 bits per heavy atom. The van der Waals surface area contributed by atoms with Crippen LogP contribution in [0.5, 0.6) is 0 Å². The summed E-state index contributed by atoms with van der Waals surface area (Å²) in [7, 11) is 0. The van der Waals surface area contributed by atoms with Crippen LogP contribution < -0.4 is 0 Å². The number of fused-ring (bicyclic) bond motifs is 3. The van der Waals surface area contributed by atoms with Gasteiger partial charge in [0.1, 0.15) is 6.10 Å². The summed E-state index contributed by atoms with van der Waals surface area (Å²) in [6.45, 7) is 7.94. The smallest absolute Gasteiger partial charge is 0.334 e. The lowest BCUT2D eigenvalue weighted by molar-refractivity contribution is -0.153. The van der Waals surface area contributed by atoms with Gasteiger partial charge in [-0.2, -0.15) is 0 Å². The molecule has 2 bridgehead atoms. The first-order valence-electron chi connectivity index (χ1n) is 9.24. The maximum atomic E-state index is 12.0. The second-order valence-corrected chi connectivity index (χ2v) is 9.42. The Morgan fingerprint density at radius 3 is 2.64 bits per heavy atom. The molecule has 0 saturated carbocycles. The maximum Gasteiger partial charge on any atom is 0.334 e. The van der Waals surface area contributed by atoms with Crippen molar-refractivity contribution in [3.8, 4) is 0 Å². The molecule has 0 aliphatic carbocycles. The van der Waals surface area contributed by atoms with E-state index < -0.39 is 5.60 Å². The minimum Gasteiger partial charge on any atom is -0.450 e. The fraction of sp³-hybridized carbons (Fsp3) is 0.750. The Bertz CT molecular complexity index is 621. The lowest BCUT2D eigenvalue weighted by atomic mass is 9.87. The standard InChI is InChI=1S/C20H29BrO4/c1-12-5-6-17-19(3,23)9-8-16(21)20(4,25-17)10-7-14-13(2)18(22)24-15(14)11-12/h11,15-17,23H,5-10H2,1-4H3/b12-11+/t15?,16-,17?,19+,20-/m0/s1. The highest BCUT2D eigenvalue weighted by atomic mass is 79.9. The van der Waals surface area contributed by atoms with E-state index in [1.54, 1.807) is 0 Å². The van der Waals surface area contributed by atoms with E-state index >= 15 is 0 Å². The summed E-state index contributed by atoms with van der Waals surface area (Å²) in [5.74, 6) is -0.204. The van der Waals surface area contributed by atoms with E-state index in [2.05, 4.69) is 35.9 Å². The highest BCUT2D eigenvalue weighted by molar-refractivity contribution is 9.09. The molecule has 1 saturated heterocycles. The molecule has 5 heteroatoms. The molecule has 2 unspecified atom stereocenters. The van der Waals surface area contributed by atoms with Crippen molar-refractivity contribution in [2.45, 2.75) is 94.5 Å². The predicted octanol–water partition coefficient (Wildman–Crippen LogP) is 4.20. The molecule has 0 radical (unpaired) electrons. The van der Waals surface area contributed by atoms with E-state index in [4.69, 9.17) is 9.47 Å². The van der Waals surface area contributed by atoms with Gasteiger partial charge in [0.15, 0.2) is 0 Å². The summed E-state index contributed by atoms with van der Waals surface area (Å²) in [5, 5.41) is 10.9. The number of esters is 1. The molecule has 3 rings (SSSR count). The molecular weight excluding hydrogens is 384 g/mol. The van der Waals surface area contributed by atoms with Crippen LogP contribution in [-0.2, 0) is 14.3 Å². The Kier molecular flexibility index (Phi) is 5.22. The number of halogens is 1. The molecule has 0 aromatic rings. The van der Waals surface area contributed by atoms with Gasteiger partial charge in [-0.25, -0.2) is 4.79 Å². The van der Waals surface area contributed by atoms with Crippen molar-refractivity contribution >= 4 is 21.9 Å². The van der Waals surface area contributed by atoms with Gasteiger partial charge in [-0.05, 0) is 77.9 Å². The van der Waals surface area contributed by atoms with Crippen LogP contribution >= 0.6 is 15.9 Å². The molecule has 3 aliphatic rings. The van der Waals surface area contributed by atoms with Crippen molar-refractivity contribution in [1.82, 2.24) is 0 Å². The average Bonchev–Trinajstić information content (AvgIpc) is 2.74. The monoisotopic (exact) mass is 412 g/mol. The lowest BCUT2D eigenvalue weighted by Crippen LogP contribution is -2.46. The highest BCUT2D eigenvalue weighted by Gasteiger charge is 2.46. The van der Waals surface area contributed by atoms with E-state index in [1.807, 2.05) is 13.8 Å². The largest absolute Gasteiger partial charge is 0.450 e. The second kappa shape index (κ2) is 6.82. The van der Waals surface area contributed by atoms with Gasteiger partial charge >= 0.3 is 5.97 Å². The van der Waals surface area contributed by atoms with Crippen molar-refractivity contribution in [3.05, 3.63) is 22.8 Å². The number of hydrogen-bond acceptors (Lipinski definition) is 4. The third kappa shape index (κ3) is 3.74. The highest BCUT2D eigenvalue weighted by Crippen LogP contribution is 2.43. The van der Waals surface area contributed by atoms with Crippen LogP contribution in [0, 0.1) is 0 Å². The number of ether oxygens (including phenoxy) is 2. The molecule has 1 fully saturated rings. The summed E-state index contributed by atoms with van der Waals surface area (Å²) < 4.78 is 12.1. The summed E-state index contributed by atoms with van der Waals surface area (Å²) in [6, 6.07) is 0. The molecule has 3 heterocycles. The van der Waals surface area contributed by atoms with Gasteiger partial charge in [0, 0.05) is 10.4 Å². The second-order valence-electron chi connectivity index (χ2n) is 8.31. The van der Waals surface area contributed by atoms with Crippen molar-refractivity contribution in [2.75, 3.05) is 0 Å². The SMILES string of the molecule is CC1=C2CC[C@]3(C)OC(CC/C(C)=C/C2OC1=O)[C@](C)(O)CC[C@@H]3Br. The average molecular weight is 413 g/mol. The Hall–Kier alpha value is -0.650. The van der Waals surface area contributed by atoms with Crippen LogP contribution in [0.3, 0.4) is 0 Å². The van der Waals surface area contributed by atoms with Crippen molar-refractivity contribution in [2.24, 2.45) is 0 Å². The molecular formula is C20H29BrO4. The number of hydrogen-bond donors (Lipinski definition) is 1. The van der Waals surface area contributed by atoms with E-state index in [0.717, 1.165) is 49.7 Å². The molecule has 0 aromatic heterocycles. The van der Waals surface area contributed by atoms with E-state index in [-0.39, 0.29) is 28.6 Å². The quantitative estimate of drug-likeness (QED) is 0.367. The molecule has 0 spiro atoms. The first kappa shape index (κ1) is 19.1. The molecule has 0 aromatic carbocycles. The zero-order chi connectivity index (χ0) is 18.4. The molecule has 140 valence electrons. The van der Waals surface area contributed by atoms with Crippen molar-refractivity contribution < 1.29 is 19.4 Å². The number of aliphatic hydroxyl groups is 1. The number of rotatable bonds is 0. The minimum absolute atomic E-state index is 0.170. The van der Waals surface area contributed by atoms with E-state index in [0.29, 0.717) is 0 Å². The number of carbonyl (C=O) groups excluding carboxylic acids is 1. The first-order chi connectivity index (χ1) is 11.6. The van der Waals surface area contributed by atoms with Gasteiger partial charge in [-0.3, -0.25) is 0 Å². The van der Waals surface area contributed by atoms with Crippen LogP contribution in [0.1, 0.15) is 66.2 Å². The molecule has 1 N–H and O–H groups in total. The van der Waals surface area contributed by atoms with Crippen LogP contribution in [-0.4, -0.2) is 39.3 Å². The molecule has 4 nitrogen and oxygen atoms in total. The Balaban J connectivity index is 1.97. The number of carbonyl (C=O) groups is 1. The van der Waals surface area contributed by atoms with Crippen molar-refractivity contribution in [1.29, 1.82) is 0 Å². The van der Waals surface area contributed by atoms with Gasteiger partial charge in [-0.15, -0.1) is 0 Å². The van der Waals surface area contributed by atoms with Gasteiger partial charge in [-0.1, -0.05) is 21.5 Å². The zero-order valence-electron chi connectivity index (χ0n) is 15.6. The molecule has 0 amide bonds. The van der Waals surface area contributed by atoms with Gasteiger partial charge in [0.25, 0.3) is 0 Å². The topological polar surface area (TPSA) is 55.8 Å². The van der Waals surface area contributed by atoms with Crippen LogP contribution in [0.15, 0.2) is 22.8 Å². The van der Waals surface area contributed by atoms with Gasteiger partial charge < -0.3 is 14.6 Å². The lowest BCUT2D eigenvalue weighted by Gasteiger charge is -2.38. The number of allylic oxidation sites excluding steroid dienone is 1. The van der Waals surface area contributed by atoms with Crippen LogP contribution in [0.25, 0.3) is 0 Å². The molecule has 5 atom stereocenters. The van der Waals surface area contributed by atoms with Crippen molar-refractivity contribution in [3.63, 3.8) is 0 Å².